The highest BCUT2D eigenvalue weighted by molar-refractivity contribution is 7.92. The molecule has 0 saturated heterocycles. The van der Waals surface area contributed by atoms with E-state index in [4.69, 9.17) is 0 Å². The molecule has 8 heteroatoms. The number of carbonyl (C=O) groups is 1. The highest BCUT2D eigenvalue weighted by atomic mass is 32.2. The van der Waals surface area contributed by atoms with Gasteiger partial charge in [0.2, 0.25) is 5.91 Å². The Labute approximate surface area is 172 Å². The first-order chi connectivity index (χ1) is 14.3. The van der Waals surface area contributed by atoms with Crippen LogP contribution in [-0.2, 0) is 14.8 Å². The van der Waals surface area contributed by atoms with Gasteiger partial charge in [-0.1, -0.05) is 18.2 Å². The lowest BCUT2D eigenvalue weighted by Gasteiger charge is -2.10. The Hall–Kier alpha value is -3.26. The molecule has 3 aromatic rings. The van der Waals surface area contributed by atoms with Gasteiger partial charge in [-0.25, -0.2) is 17.2 Å². The molecule has 2 unspecified atom stereocenters. The van der Waals surface area contributed by atoms with Crippen LogP contribution in [0.15, 0.2) is 77.7 Å². The van der Waals surface area contributed by atoms with E-state index in [1.54, 1.807) is 12.1 Å². The van der Waals surface area contributed by atoms with Gasteiger partial charge in [-0.2, -0.15) is 0 Å². The molecule has 1 aliphatic carbocycles. The highest BCUT2D eigenvalue weighted by Crippen LogP contribution is 2.48. The first kappa shape index (κ1) is 20.0. The Balaban J connectivity index is 1.39. The minimum absolute atomic E-state index is 0.0135. The molecular weight excluding hydrogens is 410 g/mol. The number of halogens is 2. The van der Waals surface area contributed by atoms with Crippen molar-refractivity contribution < 1.29 is 22.0 Å². The maximum atomic E-state index is 13.3. The van der Waals surface area contributed by atoms with E-state index >= 15 is 0 Å². The van der Waals surface area contributed by atoms with Crippen LogP contribution >= 0.6 is 0 Å². The van der Waals surface area contributed by atoms with Crippen molar-refractivity contribution in [2.24, 2.45) is 5.92 Å². The van der Waals surface area contributed by atoms with Crippen LogP contribution in [0.1, 0.15) is 17.9 Å². The number of amides is 1. The quantitative estimate of drug-likeness (QED) is 0.607. The van der Waals surface area contributed by atoms with Gasteiger partial charge in [0.1, 0.15) is 11.6 Å². The van der Waals surface area contributed by atoms with Crippen molar-refractivity contribution in [3.8, 4) is 0 Å². The fourth-order valence-corrected chi connectivity index (χ4v) is 4.33. The molecule has 1 saturated carbocycles. The monoisotopic (exact) mass is 428 g/mol. The standard InChI is InChI=1S/C22H18F2N2O3S/c23-15-6-4-14(5-7-15)20-13-21(20)22(27)25-17-8-10-19(11-9-17)30(28,29)26-18-3-1-2-16(24)12-18/h1-12,20-21,26H,13H2,(H,25,27). The maximum Gasteiger partial charge on any atom is 0.261 e. The van der Waals surface area contributed by atoms with Crippen molar-refractivity contribution in [1.29, 1.82) is 0 Å². The second-order valence-electron chi connectivity index (χ2n) is 7.13. The van der Waals surface area contributed by atoms with Crippen LogP contribution in [0.2, 0.25) is 0 Å². The SMILES string of the molecule is O=C(Nc1ccc(S(=O)(=O)Nc2cccc(F)c2)cc1)C1CC1c1ccc(F)cc1. The number of rotatable bonds is 6. The molecule has 0 heterocycles. The predicted molar refractivity (Wildman–Crippen MR) is 110 cm³/mol. The smallest absolute Gasteiger partial charge is 0.261 e. The predicted octanol–water partition coefficient (Wildman–Crippen LogP) is 4.51. The lowest BCUT2D eigenvalue weighted by molar-refractivity contribution is -0.117. The molecule has 1 aliphatic rings. The summed E-state index contributed by atoms with van der Waals surface area (Å²) in [6, 6.07) is 17.0. The van der Waals surface area contributed by atoms with Gasteiger partial charge in [0.15, 0.2) is 0 Å². The lowest BCUT2D eigenvalue weighted by Crippen LogP contribution is -2.15. The van der Waals surface area contributed by atoms with E-state index in [9.17, 15) is 22.0 Å². The molecule has 1 fully saturated rings. The van der Waals surface area contributed by atoms with E-state index in [0.29, 0.717) is 12.1 Å². The van der Waals surface area contributed by atoms with Crippen molar-refractivity contribution in [2.75, 3.05) is 10.0 Å². The molecule has 3 aromatic carbocycles. The summed E-state index contributed by atoms with van der Waals surface area (Å²) in [5.74, 6) is -1.18. The first-order valence-electron chi connectivity index (χ1n) is 9.26. The Kier molecular flexibility index (Phi) is 5.26. The van der Waals surface area contributed by atoms with Gasteiger partial charge in [-0.15, -0.1) is 0 Å². The number of hydrogen-bond donors (Lipinski definition) is 2. The second kappa shape index (κ2) is 7.87. The fourth-order valence-electron chi connectivity index (χ4n) is 3.28. The molecule has 0 spiro atoms. The van der Waals surface area contributed by atoms with Crippen LogP contribution in [0.4, 0.5) is 20.2 Å². The fraction of sp³-hybridized carbons (Fsp3) is 0.136. The Morgan fingerprint density at radius 3 is 2.23 bits per heavy atom. The third-order valence-corrected chi connectivity index (χ3v) is 6.33. The molecule has 30 heavy (non-hydrogen) atoms. The van der Waals surface area contributed by atoms with Crippen LogP contribution in [0.25, 0.3) is 0 Å². The molecule has 1 amide bonds. The van der Waals surface area contributed by atoms with Gasteiger partial charge in [-0.05, 0) is 72.5 Å². The number of sulfonamides is 1. The summed E-state index contributed by atoms with van der Waals surface area (Å²) in [7, 11) is -3.89. The lowest BCUT2D eigenvalue weighted by atomic mass is 10.1. The minimum Gasteiger partial charge on any atom is -0.326 e. The molecule has 0 aromatic heterocycles. The van der Waals surface area contributed by atoms with E-state index in [1.807, 2.05) is 0 Å². The van der Waals surface area contributed by atoms with E-state index in [0.717, 1.165) is 11.6 Å². The molecule has 154 valence electrons. The van der Waals surface area contributed by atoms with Crippen molar-refractivity contribution in [3.63, 3.8) is 0 Å². The topological polar surface area (TPSA) is 75.3 Å². The van der Waals surface area contributed by atoms with Crippen LogP contribution in [0.5, 0.6) is 0 Å². The molecule has 2 N–H and O–H groups in total. The van der Waals surface area contributed by atoms with Crippen LogP contribution in [-0.4, -0.2) is 14.3 Å². The van der Waals surface area contributed by atoms with Gasteiger partial charge in [0.25, 0.3) is 10.0 Å². The molecule has 0 bridgehead atoms. The average Bonchev–Trinajstić information content (AvgIpc) is 3.50. The molecular formula is C22H18F2N2O3S. The number of hydrogen-bond acceptors (Lipinski definition) is 3. The summed E-state index contributed by atoms with van der Waals surface area (Å²) in [6.07, 6.45) is 0.682. The Bertz CT molecular complexity index is 1180. The van der Waals surface area contributed by atoms with Gasteiger partial charge < -0.3 is 5.32 Å². The first-order valence-corrected chi connectivity index (χ1v) is 10.7. The summed E-state index contributed by atoms with van der Waals surface area (Å²) in [5, 5.41) is 2.77. The summed E-state index contributed by atoms with van der Waals surface area (Å²) >= 11 is 0. The van der Waals surface area contributed by atoms with Crippen LogP contribution in [0.3, 0.4) is 0 Å². The average molecular weight is 428 g/mol. The van der Waals surface area contributed by atoms with Crippen molar-refractivity contribution in [1.82, 2.24) is 0 Å². The summed E-state index contributed by atoms with van der Waals surface area (Å²) in [4.78, 5) is 12.4. The normalized spacial score (nSPS) is 17.9. The molecule has 0 aliphatic heterocycles. The van der Waals surface area contributed by atoms with E-state index in [1.165, 1.54) is 54.6 Å². The third kappa shape index (κ3) is 4.49. The number of benzene rings is 3. The second-order valence-corrected chi connectivity index (χ2v) is 8.81. The van der Waals surface area contributed by atoms with Gasteiger partial charge >= 0.3 is 0 Å². The number of carbonyl (C=O) groups excluding carboxylic acids is 1. The van der Waals surface area contributed by atoms with E-state index in [2.05, 4.69) is 10.0 Å². The zero-order chi connectivity index (χ0) is 21.3. The van der Waals surface area contributed by atoms with Gasteiger partial charge in [0.05, 0.1) is 10.6 Å². The number of anilines is 2. The zero-order valence-electron chi connectivity index (χ0n) is 15.7. The van der Waals surface area contributed by atoms with Crippen molar-refractivity contribution >= 4 is 27.3 Å². The molecule has 0 radical (unpaired) electrons. The van der Waals surface area contributed by atoms with Crippen molar-refractivity contribution in [3.05, 3.63) is 90.0 Å². The molecule has 4 rings (SSSR count). The Morgan fingerprint density at radius 2 is 1.57 bits per heavy atom. The van der Waals surface area contributed by atoms with Crippen molar-refractivity contribution in [2.45, 2.75) is 17.2 Å². The van der Waals surface area contributed by atoms with Gasteiger partial charge in [-0.3, -0.25) is 9.52 Å². The highest BCUT2D eigenvalue weighted by Gasteiger charge is 2.43. The van der Waals surface area contributed by atoms with Gasteiger partial charge in [0, 0.05) is 11.6 Å². The maximum absolute atomic E-state index is 13.3. The third-order valence-electron chi connectivity index (χ3n) is 4.93. The zero-order valence-corrected chi connectivity index (χ0v) is 16.5. The minimum atomic E-state index is -3.89. The van der Waals surface area contributed by atoms with Crippen LogP contribution in [0, 0.1) is 17.6 Å². The van der Waals surface area contributed by atoms with Crippen LogP contribution < -0.4 is 10.0 Å². The molecule has 5 nitrogen and oxygen atoms in total. The van der Waals surface area contributed by atoms with E-state index < -0.39 is 15.8 Å². The Morgan fingerprint density at radius 1 is 0.867 bits per heavy atom. The molecule has 2 atom stereocenters. The summed E-state index contributed by atoms with van der Waals surface area (Å²) < 4.78 is 53.5. The van der Waals surface area contributed by atoms with E-state index in [-0.39, 0.29) is 34.1 Å². The summed E-state index contributed by atoms with van der Waals surface area (Å²) in [6.45, 7) is 0. The number of nitrogens with one attached hydrogen (secondary N) is 2. The summed E-state index contributed by atoms with van der Waals surface area (Å²) in [5.41, 5.74) is 1.50. The largest absolute Gasteiger partial charge is 0.326 e.